The number of nitrogens with zero attached hydrogens (tertiary/aromatic N) is 2. The highest BCUT2D eigenvalue weighted by atomic mass is 35.5. The highest BCUT2D eigenvalue weighted by molar-refractivity contribution is 6.42. The molecule has 1 aliphatic heterocycles. The zero-order valence-electron chi connectivity index (χ0n) is 20.0. The van der Waals surface area contributed by atoms with E-state index in [0.29, 0.717) is 34.6 Å². The molecule has 1 saturated carbocycles. The van der Waals surface area contributed by atoms with Crippen LogP contribution in [0.15, 0.2) is 36.4 Å². The fourth-order valence-corrected chi connectivity index (χ4v) is 4.70. The van der Waals surface area contributed by atoms with E-state index in [2.05, 4.69) is 0 Å². The Morgan fingerprint density at radius 1 is 1.11 bits per heavy atom. The zero-order chi connectivity index (χ0) is 25.8. The van der Waals surface area contributed by atoms with Gasteiger partial charge < -0.3 is 9.84 Å². The van der Waals surface area contributed by atoms with Crippen LogP contribution in [0, 0.1) is 11.7 Å². The van der Waals surface area contributed by atoms with Gasteiger partial charge in [-0.2, -0.15) is 0 Å². The molecule has 1 heterocycles. The number of imide groups is 1. The summed E-state index contributed by atoms with van der Waals surface area (Å²) in [6.07, 6.45) is 2.40. The number of carbonyl (C=O) groups is 3. The van der Waals surface area contributed by atoms with Gasteiger partial charge in [-0.25, -0.2) is 4.39 Å². The Kier molecular flexibility index (Phi) is 10.2. The number of carboxylic acid groups (broad SMARTS) is 1. The highest BCUT2D eigenvalue weighted by Gasteiger charge is 2.31. The maximum Gasteiger partial charge on any atom is 0.305 e. The van der Waals surface area contributed by atoms with Crippen LogP contribution in [0.1, 0.15) is 49.3 Å². The Balaban J connectivity index is 0.00000380. The van der Waals surface area contributed by atoms with E-state index in [1.165, 1.54) is 12.1 Å². The molecule has 1 atom stereocenters. The smallest absolute Gasteiger partial charge is 0.305 e. The van der Waals surface area contributed by atoms with Crippen molar-refractivity contribution in [1.82, 2.24) is 9.80 Å². The lowest BCUT2D eigenvalue weighted by Crippen LogP contribution is -2.33. The van der Waals surface area contributed by atoms with E-state index in [4.69, 9.17) is 27.9 Å². The summed E-state index contributed by atoms with van der Waals surface area (Å²) in [5, 5.41) is 10.3. The molecule has 7 nitrogen and oxygen atoms in total. The van der Waals surface area contributed by atoms with Gasteiger partial charge in [0.25, 0.3) is 0 Å². The molecule has 2 aliphatic rings. The van der Waals surface area contributed by atoms with Gasteiger partial charge >= 0.3 is 5.97 Å². The molecule has 1 aliphatic carbocycles. The van der Waals surface area contributed by atoms with Crippen LogP contribution in [-0.4, -0.2) is 52.4 Å². The van der Waals surface area contributed by atoms with Gasteiger partial charge in [-0.15, -0.1) is 12.4 Å². The summed E-state index contributed by atoms with van der Waals surface area (Å²) in [6, 6.07) is 9.26. The number of likely N-dealkylation sites (tertiary alicyclic amines) is 1. The van der Waals surface area contributed by atoms with Gasteiger partial charge in [0.15, 0.2) is 11.6 Å². The fourth-order valence-electron chi connectivity index (χ4n) is 4.39. The van der Waals surface area contributed by atoms with Gasteiger partial charge in [-0.3, -0.25) is 24.2 Å². The second kappa shape index (κ2) is 12.9. The second-order valence-electron chi connectivity index (χ2n) is 9.21. The van der Waals surface area contributed by atoms with Gasteiger partial charge in [0.2, 0.25) is 11.8 Å². The molecular formula is C26H28Cl3FN2O5. The van der Waals surface area contributed by atoms with Crippen LogP contribution < -0.4 is 4.74 Å². The number of carbonyl (C=O) groups excluding carboxylic acids is 2. The number of benzene rings is 2. The number of halogens is 4. The quantitative estimate of drug-likeness (QED) is 0.337. The Labute approximate surface area is 230 Å². The predicted octanol–water partition coefficient (Wildman–Crippen LogP) is 5.51. The third-order valence-electron chi connectivity index (χ3n) is 6.44. The molecule has 0 radical (unpaired) electrons. The number of rotatable bonds is 12. The average molecular weight is 574 g/mol. The van der Waals surface area contributed by atoms with Crippen LogP contribution in [0.25, 0.3) is 0 Å². The molecule has 37 heavy (non-hydrogen) atoms. The number of ether oxygens (including phenoxy) is 1. The van der Waals surface area contributed by atoms with Crippen LogP contribution in [0.2, 0.25) is 10.0 Å². The molecule has 1 saturated heterocycles. The van der Waals surface area contributed by atoms with E-state index >= 15 is 0 Å². The standard InChI is InChI=1S/C26H27Cl2FN2O5.ClH/c27-19-5-4-18(12-20(19)28)22(13-26(34)35)30(14-16-1-2-16)15-17-3-6-23(21(29)11-17)36-10-9-31-24(32)7-8-25(31)33;/h3-6,11-12,16,22H,1-2,7-10,13-15H2,(H,34,35);1H/t22-;/m0./s1. The fraction of sp³-hybridized carbons (Fsp3) is 0.423. The molecule has 2 aromatic carbocycles. The average Bonchev–Trinajstić information content (AvgIpc) is 3.59. The molecule has 0 spiro atoms. The number of amides is 2. The summed E-state index contributed by atoms with van der Waals surface area (Å²) < 4.78 is 20.3. The lowest BCUT2D eigenvalue weighted by atomic mass is 10.0. The van der Waals surface area contributed by atoms with Crippen LogP contribution >= 0.6 is 35.6 Å². The van der Waals surface area contributed by atoms with Gasteiger partial charge in [0.05, 0.1) is 23.0 Å². The normalized spacial score (nSPS) is 16.2. The second-order valence-corrected chi connectivity index (χ2v) is 10.0. The number of carboxylic acids is 1. The molecule has 11 heteroatoms. The molecule has 2 aromatic rings. The molecular weight excluding hydrogens is 546 g/mol. The summed E-state index contributed by atoms with van der Waals surface area (Å²) in [7, 11) is 0. The lowest BCUT2D eigenvalue weighted by Gasteiger charge is -2.32. The molecule has 2 amide bonds. The first-order valence-electron chi connectivity index (χ1n) is 11.9. The maximum atomic E-state index is 14.8. The monoisotopic (exact) mass is 572 g/mol. The molecule has 200 valence electrons. The first-order valence-corrected chi connectivity index (χ1v) is 12.6. The molecule has 1 N–H and O–H groups in total. The van der Waals surface area contributed by atoms with Crippen molar-refractivity contribution in [1.29, 1.82) is 0 Å². The first kappa shape index (κ1) is 29.2. The molecule has 0 aromatic heterocycles. The van der Waals surface area contributed by atoms with E-state index in [1.807, 2.05) is 4.90 Å². The predicted molar refractivity (Wildman–Crippen MR) is 140 cm³/mol. The number of hydrogen-bond donors (Lipinski definition) is 1. The van der Waals surface area contributed by atoms with Crippen molar-refractivity contribution < 1.29 is 28.6 Å². The summed E-state index contributed by atoms with van der Waals surface area (Å²) in [6.45, 7) is 1.09. The van der Waals surface area contributed by atoms with Crippen molar-refractivity contribution in [3.8, 4) is 5.75 Å². The number of hydrogen-bond acceptors (Lipinski definition) is 5. The minimum atomic E-state index is -0.947. The Hall–Kier alpha value is -2.39. The van der Waals surface area contributed by atoms with E-state index in [1.54, 1.807) is 24.3 Å². The minimum absolute atomic E-state index is 0. The highest BCUT2D eigenvalue weighted by Crippen LogP contribution is 2.37. The largest absolute Gasteiger partial charge is 0.489 e. The molecule has 2 fully saturated rings. The third-order valence-corrected chi connectivity index (χ3v) is 7.18. The lowest BCUT2D eigenvalue weighted by molar-refractivity contribution is -0.140. The van der Waals surface area contributed by atoms with Gasteiger partial charge in [-0.1, -0.05) is 35.3 Å². The molecule has 0 bridgehead atoms. The van der Waals surface area contributed by atoms with Gasteiger partial charge in [0, 0.05) is 32.0 Å². The first-order chi connectivity index (χ1) is 17.2. The van der Waals surface area contributed by atoms with E-state index in [-0.39, 0.29) is 62.4 Å². The maximum absolute atomic E-state index is 14.8. The van der Waals surface area contributed by atoms with Crippen LogP contribution in [0.3, 0.4) is 0 Å². The zero-order valence-corrected chi connectivity index (χ0v) is 22.3. The van der Waals surface area contributed by atoms with E-state index < -0.39 is 17.8 Å². The molecule has 4 rings (SSSR count). The van der Waals surface area contributed by atoms with Crippen molar-refractivity contribution in [2.75, 3.05) is 19.7 Å². The Bertz CT molecular complexity index is 1150. The third kappa shape index (κ3) is 7.80. The minimum Gasteiger partial charge on any atom is -0.489 e. The van der Waals surface area contributed by atoms with Crippen LogP contribution in [0.5, 0.6) is 5.75 Å². The van der Waals surface area contributed by atoms with Crippen molar-refractivity contribution in [2.45, 2.75) is 44.7 Å². The topological polar surface area (TPSA) is 87.2 Å². The van der Waals surface area contributed by atoms with Crippen LogP contribution in [-0.2, 0) is 20.9 Å². The van der Waals surface area contributed by atoms with Gasteiger partial charge in [0.1, 0.15) is 6.61 Å². The van der Waals surface area contributed by atoms with E-state index in [9.17, 15) is 23.9 Å². The summed E-state index contributed by atoms with van der Waals surface area (Å²) in [5.41, 5.74) is 1.40. The van der Waals surface area contributed by atoms with Crippen molar-refractivity contribution >= 4 is 53.4 Å². The molecule has 0 unspecified atom stereocenters. The van der Waals surface area contributed by atoms with Crippen LogP contribution in [0.4, 0.5) is 4.39 Å². The van der Waals surface area contributed by atoms with Crippen molar-refractivity contribution in [2.24, 2.45) is 5.92 Å². The Morgan fingerprint density at radius 2 is 1.81 bits per heavy atom. The summed E-state index contributed by atoms with van der Waals surface area (Å²) >= 11 is 12.3. The summed E-state index contributed by atoms with van der Waals surface area (Å²) in [4.78, 5) is 38.3. The summed E-state index contributed by atoms with van der Waals surface area (Å²) in [5.74, 6) is -1.51. The van der Waals surface area contributed by atoms with Gasteiger partial charge in [-0.05, 0) is 54.2 Å². The van der Waals surface area contributed by atoms with Crippen molar-refractivity contribution in [3.63, 3.8) is 0 Å². The SMILES string of the molecule is Cl.O=C(O)C[C@@H](c1ccc(Cl)c(Cl)c1)N(Cc1ccc(OCCN2C(=O)CCC2=O)c(F)c1)CC1CC1. The van der Waals surface area contributed by atoms with E-state index in [0.717, 1.165) is 23.3 Å². The Morgan fingerprint density at radius 3 is 2.41 bits per heavy atom. The number of aliphatic carboxylic acids is 1. The van der Waals surface area contributed by atoms with Crippen molar-refractivity contribution in [3.05, 3.63) is 63.4 Å².